The van der Waals surface area contributed by atoms with Crippen LogP contribution in [0, 0.1) is 0 Å². The fourth-order valence-electron chi connectivity index (χ4n) is 2.62. The van der Waals surface area contributed by atoms with E-state index >= 15 is 0 Å². The highest BCUT2D eigenvalue weighted by Crippen LogP contribution is 2.46. The van der Waals surface area contributed by atoms with Crippen LogP contribution in [-0.4, -0.2) is 25.3 Å². The molecule has 2 aromatic carbocycles. The molecule has 2 aromatic rings. The molecule has 6 heteroatoms. The van der Waals surface area contributed by atoms with E-state index in [1.165, 1.54) is 0 Å². The standard InChI is InChI=1S/C17H17NO4S/c1-2-13-8-9-17-15(12-13)18(10-5-11-23(19,20)21)14-6-3-4-7-16(14)22-17/h2-4,6-9,12H,1,5,10-11H2,(H,19,20,21). The molecule has 1 aliphatic heterocycles. The first-order chi connectivity index (χ1) is 11.0. The second kappa shape index (κ2) is 6.06. The van der Waals surface area contributed by atoms with Gasteiger partial charge in [-0.15, -0.1) is 0 Å². The Morgan fingerprint density at radius 2 is 1.87 bits per heavy atom. The van der Waals surface area contributed by atoms with Crippen molar-refractivity contribution in [3.05, 3.63) is 54.6 Å². The molecule has 3 rings (SSSR count). The molecule has 0 atom stereocenters. The van der Waals surface area contributed by atoms with Crippen molar-refractivity contribution in [3.8, 4) is 11.5 Å². The normalized spacial score (nSPS) is 13.0. The lowest BCUT2D eigenvalue weighted by atomic mass is 10.1. The van der Waals surface area contributed by atoms with Crippen LogP contribution < -0.4 is 9.64 Å². The summed E-state index contributed by atoms with van der Waals surface area (Å²) in [7, 11) is -3.97. The summed E-state index contributed by atoms with van der Waals surface area (Å²) in [6.45, 7) is 4.22. The molecule has 0 bridgehead atoms. The third kappa shape index (κ3) is 3.38. The maximum absolute atomic E-state index is 11.0. The number of hydrogen-bond donors (Lipinski definition) is 1. The lowest BCUT2D eigenvalue weighted by Crippen LogP contribution is -2.24. The van der Waals surface area contributed by atoms with Gasteiger partial charge in [-0.3, -0.25) is 4.55 Å². The molecule has 0 saturated carbocycles. The van der Waals surface area contributed by atoms with Crippen LogP contribution in [0.5, 0.6) is 11.5 Å². The van der Waals surface area contributed by atoms with E-state index in [9.17, 15) is 8.42 Å². The number of anilines is 2. The minimum Gasteiger partial charge on any atom is -0.453 e. The molecule has 0 aromatic heterocycles. The first kappa shape index (κ1) is 15.6. The van der Waals surface area contributed by atoms with Gasteiger partial charge in [-0.2, -0.15) is 8.42 Å². The van der Waals surface area contributed by atoms with Gasteiger partial charge in [0.15, 0.2) is 11.5 Å². The van der Waals surface area contributed by atoms with Crippen molar-refractivity contribution >= 4 is 27.6 Å². The molecule has 0 aliphatic carbocycles. The van der Waals surface area contributed by atoms with E-state index in [0.29, 0.717) is 18.7 Å². The number of benzene rings is 2. The first-order valence-electron chi connectivity index (χ1n) is 7.24. The zero-order valence-corrected chi connectivity index (χ0v) is 13.3. The molecular formula is C17H17NO4S. The van der Waals surface area contributed by atoms with Gasteiger partial charge in [-0.25, -0.2) is 0 Å². The molecule has 23 heavy (non-hydrogen) atoms. The van der Waals surface area contributed by atoms with Gasteiger partial charge in [-0.05, 0) is 36.2 Å². The number of nitrogens with zero attached hydrogens (tertiary/aromatic N) is 1. The topological polar surface area (TPSA) is 66.8 Å². The Labute approximate surface area is 135 Å². The Bertz CT molecular complexity index is 845. The van der Waals surface area contributed by atoms with Gasteiger partial charge in [0.05, 0.1) is 17.1 Å². The summed E-state index contributed by atoms with van der Waals surface area (Å²) in [6.07, 6.45) is 2.06. The third-order valence-corrected chi connectivity index (χ3v) is 4.47. The monoisotopic (exact) mass is 331 g/mol. The Kier molecular flexibility index (Phi) is 4.11. The predicted molar refractivity (Wildman–Crippen MR) is 91.1 cm³/mol. The highest BCUT2D eigenvalue weighted by atomic mass is 32.2. The van der Waals surface area contributed by atoms with Crippen molar-refractivity contribution in [2.24, 2.45) is 0 Å². The van der Waals surface area contributed by atoms with Crippen molar-refractivity contribution < 1.29 is 17.7 Å². The Morgan fingerprint density at radius 3 is 2.61 bits per heavy atom. The average Bonchev–Trinajstić information content (AvgIpc) is 2.52. The Morgan fingerprint density at radius 1 is 1.13 bits per heavy atom. The van der Waals surface area contributed by atoms with E-state index in [4.69, 9.17) is 9.29 Å². The lowest BCUT2D eigenvalue weighted by molar-refractivity contribution is 0.471. The van der Waals surface area contributed by atoms with Crippen molar-refractivity contribution in [1.82, 2.24) is 0 Å². The van der Waals surface area contributed by atoms with E-state index in [1.807, 2.05) is 47.4 Å². The first-order valence-corrected chi connectivity index (χ1v) is 8.85. The summed E-state index contributed by atoms with van der Waals surface area (Å²) in [6, 6.07) is 13.3. The smallest absolute Gasteiger partial charge is 0.264 e. The van der Waals surface area contributed by atoms with Crippen LogP contribution in [0.4, 0.5) is 11.4 Å². The van der Waals surface area contributed by atoms with Crippen LogP contribution >= 0.6 is 0 Å². The van der Waals surface area contributed by atoms with Crippen molar-refractivity contribution in [2.75, 3.05) is 17.2 Å². The summed E-state index contributed by atoms with van der Waals surface area (Å²) >= 11 is 0. The molecule has 0 fully saturated rings. The number of para-hydroxylation sites is 2. The number of hydrogen-bond acceptors (Lipinski definition) is 4. The zero-order valence-electron chi connectivity index (χ0n) is 12.5. The van der Waals surface area contributed by atoms with Crippen molar-refractivity contribution in [2.45, 2.75) is 6.42 Å². The summed E-state index contributed by atoms with van der Waals surface area (Å²) in [4.78, 5) is 2.01. The highest BCUT2D eigenvalue weighted by molar-refractivity contribution is 7.85. The molecule has 1 aliphatic rings. The van der Waals surface area contributed by atoms with E-state index in [-0.39, 0.29) is 5.75 Å². The Balaban J connectivity index is 1.97. The molecule has 1 heterocycles. The maximum Gasteiger partial charge on any atom is 0.264 e. The summed E-state index contributed by atoms with van der Waals surface area (Å²) in [5.74, 6) is 1.16. The number of fused-ring (bicyclic) bond motifs is 2. The zero-order chi connectivity index (χ0) is 16.4. The molecule has 0 spiro atoms. The van der Waals surface area contributed by atoms with E-state index in [2.05, 4.69) is 6.58 Å². The van der Waals surface area contributed by atoms with Crippen LogP contribution in [0.1, 0.15) is 12.0 Å². The highest BCUT2D eigenvalue weighted by Gasteiger charge is 2.24. The average molecular weight is 331 g/mol. The molecule has 0 saturated heterocycles. The molecule has 5 nitrogen and oxygen atoms in total. The lowest BCUT2D eigenvalue weighted by Gasteiger charge is -2.33. The molecule has 0 unspecified atom stereocenters. The third-order valence-electron chi connectivity index (χ3n) is 3.67. The number of rotatable bonds is 5. The fourth-order valence-corrected chi connectivity index (χ4v) is 3.11. The largest absolute Gasteiger partial charge is 0.453 e. The Hall–Kier alpha value is -2.31. The molecule has 1 N–H and O–H groups in total. The van der Waals surface area contributed by atoms with Crippen LogP contribution in [-0.2, 0) is 10.1 Å². The van der Waals surface area contributed by atoms with Gasteiger partial charge in [0, 0.05) is 6.54 Å². The number of ether oxygens (including phenoxy) is 1. The second-order valence-electron chi connectivity index (χ2n) is 5.29. The van der Waals surface area contributed by atoms with Crippen LogP contribution in [0.15, 0.2) is 49.0 Å². The second-order valence-corrected chi connectivity index (χ2v) is 6.86. The van der Waals surface area contributed by atoms with Crippen molar-refractivity contribution in [3.63, 3.8) is 0 Å². The summed E-state index contributed by atoms with van der Waals surface area (Å²) in [5.41, 5.74) is 2.68. The van der Waals surface area contributed by atoms with Crippen molar-refractivity contribution in [1.29, 1.82) is 0 Å². The molecular weight excluding hydrogens is 314 g/mol. The van der Waals surface area contributed by atoms with Gasteiger partial charge in [-0.1, -0.05) is 30.9 Å². The van der Waals surface area contributed by atoms with Crippen LogP contribution in [0.3, 0.4) is 0 Å². The van der Waals surface area contributed by atoms with Gasteiger partial charge in [0.25, 0.3) is 10.1 Å². The summed E-state index contributed by atoms with van der Waals surface area (Å²) in [5, 5.41) is 0. The maximum atomic E-state index is 11.0. The van der Waals surface area contributed by atoms with Gasteiger partial charge >= 0.3 is 0 Å². The van der Waals surface area contributed by atoms with Crippen LogP contribution in [0.25, 0.3) is 6.08 Å². The van der Waals surface area contributed by atoms with Gasteiger partial charge in [0.1, 0.15) is 0 Å². The molecule has 0 radical (unpaired) electrons. The van der Waals surface area contributed by atoms with E-state index in [0.717, 1.165) is 22.7 Å². The van der Waals surface area contributed by atoms with E-state index in [1.54, 1.807) is 6.08 Å². The van der Waals surface area contributed by atoms with Crippen LogP contribution in [0.2, 0.25) is 0 Å². The van der Waals surface area contributed by atoms with Gasteiger partial charge in [0.2, 0.25) is 0 Å². The molecule has 0 amide bonds. The van der Waals surface area contributed by atoms with E-state index < -0.39 is 10.1 Å². The fraction of sp³-hybridized carbons (Fsp3) is 0.176. The quantitative estimate of drug-likeness (QED) is 0.843. The minimum absolute atomic E-state index is 0.275. The predicted octanol–water partition coefficient (Wildman–Crippen LogP) is 3.85. The molecule has 120 valence electrons. The SMILES string of the molecule is C=Cc1ccc2c(c1)N(CCCS(=O)(=O)O)c1ccccc1O2. The minimum atomic E-state index is -3.97. The summed E-state index contributed by atoms with van der Waals surface area (Å²) < 4.78 is 36.8. The van der Waals surface area contributed by atoms with Gasteiger partial charge < -0.3 is 9.64 Å².